The molecule has 1 saturated heterocycles. The van der Waals surface area contributed by atoms with Crippen LogP contribution in [0.15, 0.2) is 24.3 Å². The van der Waals surface area contributed by atoms with Crippen LogP contribution in [0.25, 0.3) is 10.9 Å². The topological polar surface area (TPSA) is 93.6 Å². The molecule has 0 saturated carbocycles. The fraction of sp³-hybridized carbons (Fsp3) is 0.579. The zero-order valence-electron chi connectivity index (χ0n) is 15.4. The summed E-state index contributed by atoms with van der Waals surface area (Å²) in [6.07, 6.45) is 3.45. The fourth-order valence-electron chi connectivity index (χ4n) is 4.41. The van der Waals surface area contributed by atoms with Gasteiger partial charge >= 0.3 is 0 Å². The summed E-state index contributed by atoms with van der Waals surface area (Å²) in [5.74, 6) is 0.135. The molecule has 0 amide bonds. The van der Waals surface area contributed by atoms with Crippen molar-refractivity contribution in [3.63, 3.8) is 0 Å². The lowest BCUT2D eigenvalue weighted by Crippen LogP contribution is -2.57. The van der Waals surface area contributed by atoms with Gasteiger partial charge in [0.2, 0.25) is 0 Å². The molecule has 0 radical (unpaired) electrons. The molecule has 2 aliphatic heterocycles. The maximum Gasteiger partial charge on any atom is 0.264 e. The first-order valence-electron chi connectivity index (χ1n) is 9.22. The number of aromatic nitrogens is 1. The zero-order chi connectivity index (χ0) is 18.9. The van der Waals surface area contributed by atoms with Crippen LogP contribution >= 0.6 is 0 Å². The standard InChI is InChI=1S/C17H22N2O.C2H6O3S/c1-17-12(11-20)5-4-9-19(17)10-8-14-13-6-2-3-7-15(13)18-16(14)17;1-2-6(3,4)5/h2-3,6-7,12,18,20H,4-5,8-11H2,1H3;2H2,1H3,(H,3,4,5)/t12-,17+;/m0./s1. The van der Waals surface area contributed by atoms with Crippen LogP contribution in [0.1, 0.15) is 37.9 Å². The van der Waals surface area contributed by atoms with E-state index >= 15 is 0 Å². The highest BCUT2D eigenvalue weighted by molar-refractivity contribution is 7.85. The lowest BCUT2D eigenvalue weighted by molar-refractivity contribution is -0.0303. The highest BCUT2D eigenvalue weighted by Gasteiger charge is 2.47. The average molecular weight is 381 g/mol. The van der Waals surface area contributed by atoms with Gasteiger partial charge in [0.1, 0.15) is 0 Å². The van der Waals surface area contributed by atoms with Gasteiger partial charge < -0.3 is 10.1 Å². The van der Waals surface area contributed by atoms with Crippen LogP contribution < -0.4 is 0 Å². The molecular weight excluding hydrogens is 352 g/mol. The third kappa shape index (κ3) is 3.41. The number of aliphatic hydroxyl groups excluding tert-OH is 1. The molecule has 0 aliphatic carbocycles. The number of para-hydroxylation sites is 1. The Hall–Kier alpha value is -1.41. The van der Waals surface area contributed by atoms with Crippen molar-refractivity contribution in [1.29, 1.82) is 0 Å². The van der Waals surface area contributed by atoms with Crippen LogP contribution in [0.3, 0.4) is 0 Å². The normalized spacial score (nSPS) is 25.9. The van der Waals surface area contributed by atoms with Gasteiger partial charge in [-0.15, -0.1) is 0 Å². The third-order valence-electron chi connectivity index (χ3n) is 5.97. The molecule has 3 N–H and O–H groups in total. The van der Waals surface area contributed by atoms with E-state index in [4.69, 9.17) is 4.55 Å². The maximum absolute atomic E-state index is 9.86. The van der Waals surface area contributed by atoms with Crippen molar-refractivity contribution in [1.82, 2.24) is 9.88 Å². The van der Waals surface area contributed by atoms with Gasteiger partial charge in [-0.05, 0) is 51.3 Å². The summed E-state index contributed by atoms with van der Waals surface area (Å²) >= 11 is 0. The molecule has 144 valence electrons. The quantitative estimate of drug-likeness (QED) is 0.696. The first-order chi connectivity index (χ1) is 12.3. The lowest BCUT2D eigenvalue weighted by Gasteiger charge is -2.52. The summed E-state index contributed by atoms with van der Waals surface area (Å²) in [4.78, 5) is 6.25. The maximum atomic E-state index is 9.86. The van der Waals surface area contributed by atoms with Gasteiger partial charge in [-0.3, -0.25) is 9.45 Å². The van der Waals surface area contributed by atoms with Crippen LogP contribution in [0.2, 0.25) is 0 Å². The second-order valence-electron chi connectivity index (χ2n) is 7.30. The molecule has 6 nitrogen and oxygen atoms in total. The van der Waals surface area contributed by atoms with Gasteiger partial charge in [-0.1, -0.05) is 18.2 Å². The van der Waals surface area contributed by atoms with Gasteiger partial charge in [0, 0.05) is 35.7 Å². The first kappa shape index (κ1) is 19.4. The van der Waals surface area contributed by atoms with Gasteiger partial charge in [-0.2, -0.15) is 8.42 Å². The lowest BCUT2D eigenvalue weighted by atomic mass is 9.72. The third-order valence-corrected chi connectivity index (χ3v) is 6.70. The number of hydrogen-bond acceptors (Lipinski definition) is 4. The summed E-state index contributed by atoms with van der Waals surface area (Å²) in [6, 6.07) is 8.60. The van der Waals surface area contributed by atoms with Crippen molar-refractivity contribution in [2.45, 2.75) is 38.6 Å². The van der Waals surface area contributed by atoms with E-state index in [9.17, 15) is 13.5 Å². The molecule has 0 bridgehead atoms. The summed E-state index contributed by atoms with van der Waals surface area (Å²) < 4.78 is 26.9. The van der Waals surface area contributed by atoms with E-state index in [1.165, 1.54) is 35.5 Å². The average Bonchev–Trinajstić information content (AvgIpc) is 3.01. The number of hydrogen-bond donors (Lipinski definition) is 3. The number of piperidine rings is 1. The molecule has 3 heterocycles. The molecule has 1 fully saturated rings. The Morgan fingerprint density at radius 2 is 2.00 bits per heavy atom. The smallest absolute Gasteiger partial charge is 0.264 e. The number of benzene rings is 1. The number of aliphatic hydroxyl groups is 1. The molecular formula is C19H28N2O4S. The van der Waals surface area contributed by atoms with Gasteiger partial charge in [-0.25, -0.2) is 0 Å². The molecule has 0 spiro atoms. The second-order valence-corrected chi connectivity index (χ2v) is 9.04. The predicted molar refractivity (Wildman–Crippen MR) is 103 cm³/mol. The fourth-order valence-corrected chi connectivity index (χ4v) is 4.41. The summed E-state index contributed by atoms with van der Waals surface area (Å²) in [5, 5.41) is 11.2. The number of nitrogens with one attached hydrogen (secondary N) is 1. The molecule has 2 aliphatic rings. The van der Waals surface area contributed by atoms with Gasteiger partial charge in [0.15, 0.2) is 0 Å². The van der Waals surface area contributed by atoms with Crippen LogP contribution in [0.5, 0.6) is 0 Å². The number of H-pyrrole nitrogens is 1. The monoisotopic (exact) mass is 380 g/mol. The Bertz CT molecular complexity index is 877. The van der Waals surface area contributed by atoms with Crippen LogP contribution in [-0.4, -0.2) is 53.4 Å². The predicted octanol–water partition coefficient (Wildman–Crippen LogP) is 2.54. The van der Waals surface area contributed by atoms with E-state index in [2.05, 4.69) is 41.1 Å². The van der Waals surface area contributed by atoms with Crippen LogP contribution in [0, 0.1) is 5.92 Å². The molecule has 26 heavy (non-hydrogen) atoms. The van der Waals surface area contributed by atoms with Crippen LogP contribution in [0.4, 0.5) is 0 Å². The minimum atomic E-state index is -3.66. The van der Waals surface area contributed by atoms with E-state index in [1.807, 2.05) is 0 Å². The Morgan fingerprint density at radius 1 is 1.31 bits per heavy atom. The number of aromatic amines is 1. The van der Waals surface area contributed by atoms with E-state index in [0.29, 0.717) is 5.92 Å². The van der Waals surface area contributed by atoms with Crippen LogP contribution in [-0.2, 0) is 22.1 Å². The summed E-state index contributed by atoms with van der Waals surface area (Å²) in [7, 11) is -3.66. The second kappa shape index (κ2) is 7.31. The molecule has 2 aromatic rings. The van der Waals surface area contributed by atoms with E-state index in [-0.39, 0.29) is 17.9 Å². The molecule has 4 rings (SSSR count). The van der Waals surface area contributed by atoms with Gasteiger partial charge in [0.25, 0.3) is 10.1 Å². The zero-order valence-corrected chi connectivity index (χ0v) is 16.2. The van der Waals surface area contributed by atoms with Crippen molar-refractivity contribution >= 4 is 21.0 Å². The Kier molecular flexibility index (Phi) is 5.44. The van der Waals surface area contributed by atoms with Crippen molar-refractivity contribution in [3.05, 3.63) is 35.5 Å². The molecule has 2 atom stereocenters. The highest BCUT2D eigenvalue weighted by atomic mass is 32.2. The minimum Gasteiger partial charge on any atom is -0.396 e. The van der Waals surface area contributed by atoms with Gasteiger partial charge in [0.05, 0.1) is 11.3 Å². The highest BCUT2D eigenvalue weighted by Crippen LogP contribution is 2.46. The Morgan fingerprint density at radius 3 is 2.65 bits per heavy atom. The molecule has 0 unspecified atom stereocenters. The Balaban J connectivity index is 0.000000286. The van der Waals surface area contributed by atoms with Crippen molar-refractivity contribution in [2.75, 3.05) is 25.4 Å². The Labute approximate surface area is 155 Å². The number of nitrogens with zero attached hydrogens (tertiary/aromatic N) is 1. The van der Waals surface area contributed by atoms with Crippen molar-refractivity contribution in [3.8, 4) is 0 Å². The molecule has 1 aromatic heterocycles. The van der Waals surface area contributed by atoms with E-state index in [0.717, 1.165) is 25.9 Å². The summed E-state index contributed by atoms with van der Waals surface area (Å²) in [5.41, 5.74) is 4.03. The number of rotatable bonds is 2. The van der Waals surface area contributed by atoms with E-state index < -0.39 is 10.1 Å². The van der Waals surface area contributed by atoms with Crippen molar-refractivity contribution in [2.24, 2.45) is 5.92 Å². The van der Waals surface area contributed by atoms with Crippen molar-refractivity contribution < 1.29 is 18.1 Å². The largest absolute Gasteiger partial charge is 0.396 e. The molecule has 7 heteroatoms. The summed E-state index contributed by atoms with van der Waals surface area (Å²) in [6.45, 7) is 6.24. The number of fused-ring (bicyclic) bond motifs is 5. The first-order valence-corrected chi connectivity index (χ1v) is 10.8. The van der Waals surface area contributed by atoms with E-state index in [1.54, 1.807) is 0 Å². The SMILES string of the molecule is CCS(=O)(=O)O.C[C@@]12c3[nH]c4ccccc4c3CCN1CCC[C@H]2CO. The molecule has 1 aromatic carbocycles. The minimum absolute atomic E-state index is 0.0282.